The molecule has 4 rings (SSSR count). The molecule has 0 saturated heterocycles. The number of nitrogens with one attached hydrogen (secondary N) is 1. The van der Waals surface area contributed by atoms with E-state index in [1.54, 1.807) is 24.9 Å². The maximum Gasteiger partial charge on any atom is 0.313 e. The number of carbonyl (C=O) groups excluding carboxylic acids is 2. The highest BCUT2D eigenvalue weighted by Crippen LogP contribution is 2.55. The van der Waals surface area contributed by atoms with Gasteiger partial charge in [-0.2, -0.15) is 0 Å². The lowest BCUT2D eigenvalue weighted by Crippen LogP contribution is -2.30. The average Bonchev–Trinajstić information content (AvgIpc) is 3.41. The molecule has 1 heterocycles. The molecule has 1 aliphatic rings. The van der Waals surface area contributed by atoms with E-state index in [-0.39, 0.29) is 6.61 Å². The zero-order chi connectivity index (χ0) is 23.3. The Labute approximate surface area is 192 Å². The zero-order valence-electron chi connectivity index (χ0n) is 18.4. The number of hydrogen-bond acceptors (Lipinski definition) is 6. The van der Waals surface area contributed by atoms with E-state index in [0.29, 0.717) is 25.2 Å². The molecule has 3 aromatic rings. The Morgan fingerprint density at radius 1 is 1.15 bits per heavy atom. The standard InChI is InChI=1S/C25H27N3O5/c1-2-32-24(30)25(13-22(25)23(29)27-31)12-18-8-10-21(11-9-18)33-16-20-14-26-17-28(20)15-19-6-4-3-5-7-19/h3-11,14,17,22,31H,2,12-13,15-16H2,1H3,(H,27,29)/t22?,25-/m0/s1. The van der Waals surface area contributed by atoms with Crippen molar-refractivity contribution in [2.24, 2.45) is 11.3 Å². The predicted octanol–water partition coefficient (Wildman–Crippen LogP) is 3.13. The summed E-state index contributed by atoms with van der Waals surface area (Å²) in [6, 6.07) is 17.6. The number of ether oxygens (including phenoxy) is 2. The van der Waals surface area contributed by atoms with E-state index in [0.717, 1.165) is 17.8 Å². The van der Waals surface area contributed by atoms with Crippen molar-refractivity contribution in [3.8, 4) is 5.75 Å². The molecule has 0 bridgehead atoms. The van der Waals surface area contributed by atoms with E-state index < -0.39 is 23.2 Å². The van der Waals surface area contributed by atoms with Gasteiger partial charge >= 0.3 is 5.97 Å². The summed E-state index contributed by atoms with van der Waals surface area (Å²) in [4.78, 5) is 28.6. The van der Waals surface area contributed by atoms with Gasteiger partial charge in [0, 0.05) is 6.54 Å². The first-order valence-corrected chi connectivity index (χ1v) is 10.9. The summed E-state index contributed by atoms with van der Waals surface area (Å²) in [7, 11) is 0. The zero-order valence-corrected chi connectivity index (χ0v) is 18.4. The number of rotatable bonds is 10. The van der Waals surface area contributed by atoms with Crippen molar-refractivity contribution in [2.75, 3.05) is 6.61 Å². The summed E-state index contributed by atoms with van der Waals surface area (Å²) in [5.41, 5.74) is 3.74. The molecule has 1 amide bonds. The van der Waals surface area contributed by atoms with Crippen LogP contribution in [0, 0.1) is 11.3 Å². The second-order valence-electron chi connectivity index (χ2n) is 8.22. The van der Waals surface area contributed by atoms with Crippen LogP contribution in [0.4, 0.5) is 0 Å². The van der Waals surface area contributed by atoms with Crippen molar-refractivity contribution < 1.29 is 24.3 Å². The van der Waals surface area contributed by atoms with Gasteiger partial charge in [-0.15, -0.1) is 0 Å². The molecule has 2 N–H and O–H groups in total. The van der Waals surface area contributed by atoms with E-state index in [9.17, 15) is 9.59 Å². The molecule has 8 nitrogen and oxygen atoms in total. The van der Waals surface area contributed by atoms with Crippen LogP contribution in [0.3, 0.4) is 0 Å². The number of esters is 1. The number of amides is 1. The summed E-state index contributed by atoms with van der Waals surface area (Å²) in [6.07, 6.45) is 4.29. The number of carbonyl (C=O) groups is 2. The number of imidazole rings is 1. The second kappa shape index (κ2) is 9.87. The lowest BCUT2D eigenvalue weighted by Gasteiger charge is -2.16. The molecule has 1 saturated carbocycles. The number of hydroxylamine groups is 1. The molecule has 33 heavy (non-hydrogen) atoms. The molecule has 0 aliphatic heterocycles. The van der Waals surface area contributed by atoms with Gasteiger partial charge in [-0.25, -0.2) is 10.5 Å². The van der Waals surface area contributed by atoms with Crippen molar-refractivity contribution in [2.45, 2.75) is 32.9 Å². The van der Waals surface area contributed by atoms with E-state index in [1.165, 1.54) is 5.56 Å². The van der Waals surface area contributed by atoms with Crippen molar-refractivity contribution in [1.82, 2.24) is 15.0 Å². The molecule has 1 aliphatic carbocycles. The van der Waals surface area contributed by atoms with Gasteiger partial charge in [0.2, 0.25) is 5.91 Å². The molecule has 0 radical (unpaired) electrons. The number of benzene rings is 2. The fourth-order valence-electron chi connectivity index (χ4n) is 4.11. The van der Waals surface area contributed by atoms with Gasteiger partial charge in [-0.3, -0.25) is 14.8 Å². The van der Waals surface area contributed by atoms with E-state index in [4.69, 9.17) is 14.7 Å². The molecule has 8 heteroatoms. The molecular weight excluding hydrogens is 422 g/mol. The van der Waals surface area contributed by atoms with Crippen molar-refractivity contribution in [1.29, 1.82) is 0 Å². The van der Waals surface area contributed by atoms with Crippen molar-refractivity contribution in [3.63, 3.8) is 0 Å². The average molecular weight is 450 g/mol. The monoisotopic (exact) mass is 449 g/mol. The quantitative estimate of drug-likeness (QED) is 0.280. The van der Waals surface area contributed by atoms with Gasteiger partial charge in [0.15, 0.2) is 0 Å². The first-order chi connectivity index (χ1) is 16.1. The summed E-state index contributed by atoms with van der Waals surface area (Å²) < 4.78 is 13.2. The van der Waals surface area contributed by atoms with Crippen LogP contribution in [0.2, 0.25) is 0 Å². The van der Waals surface area contributed by atoms with Crippen LogP contribution in [0.15, 0.2) is 67.1 Å². The first kappa shape index (κ1) is 22.5. The minimum absolute atomic E-state index is 0.238. The van der Waals surface area contributed by atoms with Gasteiger partial charge < -0.3 is 14.0 Å². The van der Waals surface area contributed by atoms with E-state index in [2.05, 4.69) is 17.1 Å². The van der Waals surface area contributed by atoms with Crippen molar-refractivity contribution >= 4 is 11.9 Å². The van der Waals surface area contributed by atoms with Crippen LogP contribution in [0.5, 0.6) is 5.75 Å². The lowest BCUT2D eigenvalue weighted by molar-refractivity contribution is -0.152. The highest BCUT2D eigenvalue weighted by atomic mass is 16.5. The van der Waals surface area contributed by atoms with Gasteiger partial charge in [-0.1, -0.05) is 42.5 Å². The van der Waals surface area contributed by atoms with Crippen LogP contribution < -0.4 is 10.2 Å². The maximum absolute atomic E-state index is 12.5. The number of nitrogens with zero attached hydrogens (tertiary/aromatic N) is 2. The minimum Gasteiger partial charge on any atom is -0.487 e. The smallest absolute Gasteiger partial charge is 0.313 e. The normalized spacial score (nSPS) is 19.0. The SMILES string of the molecule is CCOC(=O)[C@@]1(Cc2ccc(OCc3cncn3Cc3ccccc3)cc2)CC1C(=O)NO. The van der Waals surface area contributed by atoms with Crippen LogP contribution in [0.1, 0.15) is 30.2 Å². The lowest BCUT2D eigenvalue weighted by atomic mass is 9.93. The largest absolute Gasteiger partial charge is 0.487 e. The van der Waals surface area contributed by atoms with Crippen LogP contribution >= 0.6 is 0 Å². The Morgan fingerprint density at radius 2 is 1.91 bits per heavy atom. The topological polar surface area (TPSA) is 103 Å². The molecule has 1 unspecified atom stereocenters. The summed E-state index contributed by atoms with van der Waals surface area (Å²) in [5.74, 6) is -0.875. The Morgan fingerprint density at radius 3 is 2.61 bits per heavy atom. The molecule has 2 atom stereocenters. The Bertz CT molecular complexity index is 1100. The highest BCUT2D eigenvalue weighted by molar-refractivity contribution is 5.93. The third-order valence-electron chi connectivity index (χ3n) is 6.01. The van der Waals surface area contributed by atoms with Gasteiger partial charge in [-0.05, 0) is 43.0 Å². The van der Waals surface area contributed by atoms with Crippen molar-refractivity contribution in [3.05, 3.63) is 83.9 Å². The van der Waals surface area contributed by atoms with Gasteiger partial charge in [0.05, 0.1) is 36.2 Å². The number of hydrogen-bond donors (Lipinski definition) is 2. The third-order valence-corrected chi connectivity index (χ3v) is 6.01. The van der Waals surface area contributed by atoms with Gasteiger partial charge in [0.25, 0.3) is 0 Å². The Balaban J connectivity index is 1.38. The molecule has 0 spiro atoms. The highest BCUT2D eigenvalue weighted by Gasteiger charge is 2.64. The maximum atomic E-state index is 12.5. The first-order valence-electron chi connectivity index (χ1n) is 10.9. The predicted molar refractivity (Wildman–Crippen MR) is 119 cm³/mol. The summed E-state index contributed by atoms with van der Waals surface area (Å²) in [5, 5.41) is 8.96. The van der Waals surface area contributed by atoms with E-state index >= 15 is 0 Å². The van der Waals surface area contributed by atoms with E-state index in [1.807, 2.05) is 47.0 Å². The van der Waals surface area contributed by atoms with Crippen LogP contribution in [-0.2, 0) is 33.9 Å². The molecule has 172 valence electrons. The molecule has 1 aromatic heterocycles. The Kier molecular flexibility index (Phi) is 6.74. The fourth-order valence-corrected chi connectivity index (χ4v) is 4.11. The summed E-state index contributed by atoms with van der Waals surface area (Å²) in [6.45, 7) is 3.06. The molecular formula is C25H27N3O5. The Hall–Kier alpha value is -3.65. The van der Waals surface area contributed by atoms with Gasteiger partial charge in [0.1, 0.15) is 12.4 Å². The third kappa shape index (κ3) is 5.06. The summed E-state index contributed by atoms with van der Waals surface area (Å²) >= 11 is 0. The second-order valence-corrected chi connectivity index (χ2v) is 8.22. The van der Waals surface area contributed by atoms with Crippen LogP contribution in [0.25, 0.3) is 0 Å². The molecule has 1 fully saturated rings. The number of aromatic nitrogens is 2. The van der Waals surface area contributed by atoms with Crippen LogP contribution in [-0.4, -0.2) is 33.2 Å². The fraction of sp³-hybridized carbons (Fsp3) is 0.320. The minimum atomic E-state index is -0.935. The molecule has 2 aromatic carbocycles.